The molecule has 2 N–H and O–H groups in total. The number of carboxylic acids is 1. The predicted molar refractivity (Wildman–Crippen MR) is 73.0 cm³/mol. The van der Waals surface area contributed by atoms with E-state index in [2.05, 4.69) is 5.32 Å². The number of urea groups is 1. The molecule has 104 valence electrons. The van der Waals surface area contributed by atoms with E-state index in [9.17, 15) is 9.59 Å². The number of carboxylic acid groups (broad SMARTS) is 1. The van der Waals surface area contributed by atoms with E-state index in [-0.39, 0.29) is 6.03 Å². The number of carbonyl (C=O) groups excluding carboxylic acids is 1. The van der Waals surface area contributed by atoms with Gasteiger partial charge in [0.15, 0.2) is 0 Å². The summed E-state index contributed by atoms with van der Waals surface area (Å²) in [7, 11) is 1.66. The maximum Gasteiger partial charge on any atom is 0.326 e. The van der Waals surface area contributed by atoms with Crippen molar-refractivity contribution in [2.24, 2.45) is 0 Å². The molecule has 0 fully saturated rings. The molecule has 0 spiro atoms. The fourth-order valence-electron chi connectivity index (χ4n) is 1.64. The van der Waals surface area contributed by atoms with Crippen LogP contribution in [0.2, 0.25) is 0 Å². The van der Waals surface area contributed by atoms with Gasteiger partial charge < -0.3 is 15.3 Å². The molecule has 2 amide bonds. The highest BCUT2D eigenvalue weighted by molar-refractivity contribution is 5.82. The van der Waals surface area contributed by atoms with Gasteiger partial charge in [-0.15, -0.1) is 0 Å². The zero-order valence-electron chi connectivity index (χ0n) is 11.3. The summed E-state index contributed by atoms with van der Waals surface area (Å²) in [5.74, 6) is -1.01. The first-order valence-electron chi connectivity index (χ1n) is 6.33. The Morgan fingerprint density at radius 2 is 1.95 bits per heavy atom. The highest BCUT2D eigenvalue weighted by atomic mass is 16.4. The number of nitrogens with zero attached hydrogens (tertiary/aromatic N) is 1. The van der Waals surface area contributed by atoms with Gasteiger partial charge in [0.05, 0.1) is 0 Å². The van der Waals surface area contributed by atoms with E-state index in [4.69, 9.17) is 5.11 Å². The Labute approximate surface area is 113 Å². The quantitative estimate of drug-likeness (QED) is 0.822. The summed E-state index contributed by atoms with van der Waals surface area (Å²) < 4.78 is 0. The molecule has 19 heavy (non-hydrogen) atoms. The summed E-state index contributed by atoms with van der Waals surface area (Å²) in [6, 6.07) is 8.66. The Kier molecular flexibility index (Phi) is 5.85. The van der Waals surface area contributed by atoms with Crippen LogP contribution in [0, 0.1) is 0 Å². The second kappa shape index (κ2) is 7.41. The molecule has 0 bridgehead atoms. The first kappa shape index (κ1) is 15.0. The molecule has 1 rings (SSSR count). The Balaban J connectivity index is 2.42. The van der Waals surface area contributed by atoms with Crippen LogP contribution in [0.1, 0.15) is 18.9 Å². The van der Waals surface area contributed by atoms with Crippen molar-refractivity contribution in [1.29, 1.82) is 0 Å². The third-order valence-corrected chi connectivity index (χ3v) is 2.93. The molecular weight excluding hydrogens is 244 g/mol. The molecule has 0 unspecified atom stereocenters. The number of carbonyl (C=O) groups is 2. The molecule has 0 aliphatic rings. The summed E-state index contributed by atoms with van der Waals surface area (Å²) >= 11 is 0. The number of rotatable bonds is 6. The Hall–Kier alpha value is -2.04. The van der Waals surface area contributed by atoms with Crippen LogP contribution in [0.15, 0.2) is 30.3 Å². The van der Waals surface area contributed by atoms with Crippen LogP contribution in [-0.2, 0) is 11.2 Å². The zero-order valence-corrected chi connectivity index (χ0v) is 11.3. The second-order valence-electron chi connectivity index (χ2n) is 4.41. The Morgan fingerprint density at radius 1 is 1.32 bits per heavy atom. The van der Waals surface area contributed by atoms with Crippen LogP contribution >= 0.6 is 0 Å². The van der Waals surface area contributed by atoms with Crippen molar-refractivity contribution < 1.29 is 14.7 Å². The minimum absolute atomic E-state index is 0.356. The molecule has 0 saturated carbocycles. The van der Waals surface area contributed by atoms with E-state index < -0.39 is 12.0 Å². The van der Waals surface area contributed by atoms with Gasteiger partial charge in [0.25, 0.3) is 0 Å². The van der Waals surface area contributed by atoms with E-state index in [1.807, 2.05) is 30.3 Å². The van der Waals surface area contributed by atoms with Crippen LogP contribution in [0.3, 0.4) is 0 Å². The van der Waals surface area contributed by atoms with Gasteiger partial charge in [-0.3, -0.25) is 0 Å². The molecule has 0 aromatic heterocycles. The van der Waals surface area contributed by atoms with Crippen LogP contribution in [0.4, 0.5) is 4.79 Å². The molecule has 5 heteroatoms. The maximum absolute atomic E-state index is 11.8. The molecule has 0 aliphatic carbocycles. The first-order chi connectivity index (χ1) is 9.04. The van der Waals surface area contributed by atoms with Gasteiger partial charge in [-0.05, 0) is 18.4 Å². The molecule has 0 saturated heterocycles. The number of benzene rings is 1. The largest absolute Gasteiger partial charge is 0.480 e. The van der Waals surface area contributed by atoms with Crippen molar-refractivity contribution in [3.05, 3.63) is 35.9 Å². The van der Waals surface area contributed by atoms with Gasteiger partial charge in [0.1, 0.15) is 6.04 Å². The number of hydrogen-bond donors (Lipinski definition) is 2. The number of hydrogen-bond acceptors (Lipinski definition) is 2. The number of amides is 2. The van der Waals surface area contributed by atoms with Crippen LogP contribution in [0.5, 0.6) is 0 Å². The fraction of sp³-hybridized carbons (Fsp3) is 0.429. The summed E-state index contributed by atoms with van der Waals surface area (Å²) in [5, 5.41) is 11.4. The Morgan fingerprint density at radius 3 is 2.47 bits per heavy atom. The normalized spacial score (nSPS) is 11.7. The smallest absolute Gasteiger partial charge is 0.326 e. The van der Waals surface area contributed by atoms with Crippen molar-refractivity contribution in [2.45, 2.75) is 25.8 Å². The summed E-state index contributed by atoms with van der Waals surface area (Å²) in [4.78, 5) is 24.1. The van der Waals surface area contributed by atoms with Crippen molar-refractivity contribution >= 4 is 12.0 Å². The summed E-state index contributed by atoms with van der Waals surface area (Å²) in [6.45, 7) is 2.27. The molecule has 1 aromatic rings. The van der Waals surface area contributed by atoms with Crippen molar-refractivity contribution in [3.63, 3.8) is 0 Å². The van der Waals surface area contributed by atoms with Gasteiger partial charge >= 0.3 is 12.0 Å². The third-order valence-electron chi connectivity index (χ3n) is 2.93. The second-order valence-corrected chi connectivity index (χ2v) is 4.41. The standard InChI is InChI=1S/C14H20N2O3/c1-3-12(13(17)18)15-14(19)16(2)10-9-11-7-5-4-6-8-11/h4-8,12H,3,9-10H2,1-2H3,(H,15,19)(H,17,18)/t12-/m0/s1. The number of aliphatic carboxylic acids is 1. The monoisotopic (exact) mass is 264 g/mol. The minimum atomic E-state index is -1.01. The van der Waals surface area contributed by atoms with Gasteiger partial charge in [0.2, 0.25) is 0 Å². The van der Waals surface area contributed by atoms with E-state index in [0.717, 1.165) is 12.0 Å². The molecule has 5 nitrogen and oxygen atoms in total. The van der Waals surface area contributed by atoms with Gasteiger partial charge in [-0.25, -0.2) is 9.59 Å². The first-order valence-corrected chi connectivity index (χ1v) is 6.33. The van der Waals surface area contributed by atoms with E-state index >= 15 is 0 Å². The van der Waals surface area contributed by atoms with Crippen LogP contribution in [-0.4, -0.2) is 41.6 Å². The lowest BCUT2D eigenvalue weighted by Crippen LogP contribution is -2.46. The van der Waals surface area contributed by atoms with E-state index in [1.165, 1.54) is 4.90 Å². The van der Waals surface area contributed by atoms with Crippen LogP contribution < -0.4 is 5.32 Å². The molecule has 0 heterocycles. The van der Waals surface area contributed by atoms with E-state index in [1.54, 1.807) is 14.0 Å². The molecule has 0 radical (unpaired) electrons. The lowest BCUT2D eigenvalue weighted by Gasteiger charge is -2.20. The van der Waals surface area contributed by atoms with Crippen LogP contribution in [0.25, 0.3) is 0 Å². The average Bonchev–Trinajstić information content (AvgIpc) is 2.42. The topological polar surface area (TPSA) is 69.6 Å². The summed E-state index contributed by atoms with van der Waals surface area (Å²) in [5.41, 5.74) is 1.15. The highest BCUT2D eigenvalue weighted by Gasteiger charge is 2.19. The summed E-state index contributed by atoms with van der Waals surface area (Å²) in [6.07, 6.45) is 1.11. The number of likely N-dealkylation sites (N-methyl/N-ethyl adjacent to an activating group) is 1. The SMILES string of the molecule is CC[C@H](NC(=O)N(C)CCc1ccccc1)C(=O)O. The van der Waals surface area contributed by atoms with Crippen molar-refractivity contribution in [1.82, 2.24) is 10.2 Å². The fourth-order valence-corrected chi connectivity index (χ4v) is 1.64. The van der Waals surface area contributed by atoms with Crippen molar-refractivity contribution in [3.8, 4) is 0 Å². The highest BCUT2D eigenvalue weighted by Crippen LogP contribution is 2.01. The molecule has 1 aromatic carbocycles. The third kappa shape index (κ3) is 4.99. The van der Waals surface area contributed by atoms with Crippen molar-refractivity contribution in [2.75, 3.05) is 13.6 Å². The minimum Gasteiger partial charge on any atom is -0.480 e. The van der Waals surface area contributed by atoms with E-state index in [0.29, 0.717) is 13.0 Å². The average molecular weight is 264 g/mol. The maximum atomic E-state index is 11.8. The molecule has 1 atom stereocenters. The van der Waals surface area contributed by atoms with Gasteiger partial charge in [-0.1, -0.05) is 37.3 Å². The zero-order chi connectivity index (χ0) is 14.3. The van der Waals surface area contributed by atoms with Gasteiger partial charge in [0, 0.05) is 13.6 Å². The molecule has 0 aliphatic heterocycles. The number of nitrogens with one attached hydrogen (secondary N) is 1. The lowest BCUT2D eigenvalue weighted by atomic mass is 10.1. The Bertz CT molecular complexity index is 420. The van der Waals surface area contributed by atoms with Gasteiger partial charge in [-0.2, -0.15) is 0 Å². The predicted octanol–water partition coefficient (Wildman–Crippen LogP) is 1.73. The molecular formula is C14H20N2O3. The lowest BCUT2D eigenvalue weighted by molar-refractivity contribution is -0.139.